The van der Waals surface area contributed by atoms with Gasteiger partial charge in [-0.2, -0.15) is 11.8 Å². The summed E-state index contributed by atoms with van der Waals surface area (Å²) < 4.78 is 0. The summed E-state index contributed by atoms with van der Waals surface area (Å²) in [6, 6.07) is 0.0480. The lowest BCUT2D eigenvalue weighted by Crippen LogP contribution is -2.35. The molecule has 5 heteroatoms. The molecule has 1 atom stereocenters. The Hall–Kier alpha value is -0.290. The van der Waals surface area contributed by atoms with Crippen LogP contribution in [0.15, 0.2) is 0 Å². The Labute approximate surface area is 88.8 Å². The SMILES string of the molecule is CSCCC(=O)NC(C)CC(N)=S. The average Bonchev–Trinajstić information content (AvgIpc) is 1.98. The molecule has 0 aromatic carbocycles. The Morgan fingerprint density at radius 3 is 2.77 bits per heavy atom. The Morgan fingerprint density at radius 2 is 2.31 bits per heavy atom. The highest BCUT2D eigenvalue weighted by molar-refractivity contribution is 7.98. The first-order valence-electron chi connectivity index (χ1n) is 4.13. The third-order valence-corrected chi connectivity index (χ3v) is 2.23. The molecule has 0 bridgehead atoms. The predicted octanol–water partition coefficient (Wildman–Crippen LogP) is 0.920. The summed E-state index contributed by atoms with van der Waals surface area (Å²) in [7, 11) is 0. The molecule has 0 saturated heterocycles. The summed E-state index contributed by atoms with van der Waals surface area (Å²) in [5.74, 6) is 0.920. The number of thioether (sulfide) groups is 1. The maximum atomic E-state index is 11.2. The van der Waals surface area contributed by atoms with E-state index in [1.165, 1.54) is 0 Å². The Bertz CT molecular complexity index is 185. The van der Waals surface area contributed by atoms with E-state index in [0.29, 0.717) is 17.8 Å². The van der Waals surface area contributed by atoms with Crippen LogP contribution in [0.5, 0.6) is 0 Å². The highest BCUT2D eigenvalue weighted by Crippen LogP contribution is 1.97. The van der Waals surface area contributed by atoms with Crippen molar-refractivity contribution in [1.82, 2.24) is 5.32 Å². The number of nitrogens with one attached hydrogen (secondary N) is 1. The van der Waals surface area contributed by atoms with E-state index in [4.69, 9.17) is 18.0 Å². The maximum Gasteiger partial charge on any atom is 0.221 e. The lowest BCUT2D eigenvalue weighted by atomic mass is 10.2. The van der Waals surface area contributed by atoms with Crippen molar-refractivity contribution in [1.29, 1.82) is 0 Å². The molecule has 3 nitrogen and oxygen atoms in total. The maximum absolute atomic E-state index is 11.2. The van der Waals surface area contributed by atoms with Crippen molar-refractivity contribution in [2.24, 2.45) is 5.73 Å². The van der Waals surface area contributed by atoms with Gasteiger partial charge in [-0.15, -0.1) is 0 Å². The topological polar surface area (TPSA) is 55.1 Å². The van der Waals surface area contributed by atoms with Crippen molar-refractivity contribution in [3.8, 4) is 0 Å². The van der Waals surface area contributed by atoms with E-state index < -0.39 is 0 Å². The lowest BCUT2D eigenvalue weighted by molar-refractivity contribution is -0.121. The van der Waals surface area contributed by atoms with Gasteiger partial charge in [-0.1, -0.05) is 12.2 Å². The number of hydrogen-bond acceptors (Lipinski definition) is 3. The number of nitrogens with two attached hydrogens (primary N) is 1. The van der Waals surface area contributed by atoms with Crippen molar-refractivity contribution in [2.75, 3.05) is 12.0 Å². The molecule has 1 amide bonds. The Kier molecular flexibility index (Phi) is 6.99. The number of rotatable bonds is 6. The Balaban J connectivity index is 3.59. The van der Waals surface area contributed by atoms with E-state index in [1.54, 1.807) is 11.8 Å². The van der Waals surface area contributed by atoms with E-state index in [1.807, 2.05) is 13.2 Å². The molecule has 13 heavy (non-hydrogen) atoms. The molecule has 0 aliphatic heterocycles. The third-order valence-electron chi connectivity index (χ3n) is 1.45. The van der Waals surface area contributed by atoms with Crippen molar-refractivity contribution >= 4 is 34.9 Å². The van der Waals surface area contributed by atoms with Gasteiger partial charge in [0.2, 0.25) is 5.91 Å². The lowest BCUT2D eigenvalue weighted by Gasteiger charge is -2.12. The van der Waals surface area contributed by atoms with E-state index in [0.717, 1.165) is 5.75 Å². The van der Waals surface area contributed by atoms with Crippen LogP contribution in [0.4, 0.5) is 0 Å². The third kappa shape index (κ3) is 8.05. The van der Waals surface area contributed by atoms with Crippen LogP contribution in [-0.4, -0.2) is 28.9 Å². The normalized spacial score (nSPS) is 12.2. The highest BCUT2D eigenvalue weighted by atomic mass is 32.2. The fourth-order valence-corrected chi connectivity index (χ4v) is 1.53. The molecule has 0 saturated carbocycles. The zero-order valence-corrected chi connectivity index (χ0v) is 9.63. The Morgan fingerprint density at radius 1 is 1.69 bits per heavy atom. The van der Waals surface area contributed by atoms with Gasteiger partial charge in [-0.05, 0) is 13.2 Å². The summed E-state index contributed by atoms with van der Waals surface area (Å²) in [6.45, 7) is 1.90. The van der Waals surface area contributed by atoms with Crippen molar-refractivity contribution < 1.29 is 4.79 Å². The van der Waals surface area contributed by atoms with Crippen LogP contribution in [-0.2, 0) is 4.79 Å². The van der Waals surface area contributed by atoms with E-state index >= 15 is 0 Å². The van der Waals surface area contributed by atoms with Gasteiger partial charge in [0.15, 0.2) is 0 Å². The zero-order chi connectivity index (χ0) is 10.3. The van der Waals surface area contributed by atoms with Crippen molar-refractivity contribution in [2.45, 2.75) is 25.8 Å². The van der Waals surface area contributed by atoms with Gasteiger partial charge >= 0.3 is 0 Å². The summed E-state index contributed by atoms with van der Waals surface area (Å²) >= 11 is 6.39. The first-order chi connectivity index (χ1) is 6.06. The summed E-state index contributed by atoms with van der Waals surface area (Å²) in [4.78, 5) is 11.6. The van der Waals surface area contributed by atoms with Crippen LogP contribution < -0.4 is 11.1 Å². The van der Waals surface area contributed by atoms with Crippen LogP contribution in [0.3, 0.4) is 0 Å². The number of thiocarbonyl (C=S) groups is 1. The summed E-state index contributed by atoms with van der Waals surface area (Å²) in [6.07, 6.45) is 3.11. The van der Waals surface area contributed by atoms with Crippen molar-refractivity contribution in [3.63, 3.8) is 0 Å². The van der Waals surface area contributed by atoms with Gasteiger partial charge in [-0.3, -0.25) is 4.79 Å². The number of amides is 1. The van der Waals surface area contributed by atoms with Crippen LogP contribution in [0.2, 0.25) is 0 Å². The minimum absolute atomic E-state index is 0.0480. The molecule has 0 aliphatic carbocycles. The van der Waals surface area contributed by atoms with E-state index in [2.05, 4.69) is 5.32 Å². The molecule has 0 fully saturated rings. The first kappa shape index (κ1) is 12.7. The molecule has 3 N–H and O–H groups in total. The molecular formula is C8H16N2OS2. The average molecular weight is 220 g/mol. The van der Waals surface area contributed by atoms with Crippen molar-refractivity contribution in [3.05, 3.63) is 0 Å². The highest BCUT2D eigenvalue weighted by Gasteiger charge is 2.07. The van der Waals surface area contributed by atoms with Crippen LogP contribution in [0.25, 0.3) is 0 Å². The molecule has 0 heterocycles. The van der Waals surface area contributed by atoms with Gasteiger partial charge in [0, 0.05) is 24.6 Å². The number of carbonyl (C=O) groups is 1. The summed E-state index contributed by atoms with van der Waals surface area (Å²) in [5, 5.41) is 2.83. The van der Waals surface area contributed by atoms with Crippen LogP contribution >= 0.6 is 24.0 Å². The molecule has 0 aromatic heterocycles. The minimum atomic E-state index is 0.0480. The van der Waals surface area contributed by atoms with Gasteiger partial charge in [0.25, 0.3) is 0 Å². The summed E-state index contributed by atoms with van der Waals surface area (Å²) in [5.41, 5.74) is 5.35. The van der Waals surface area contributed by atoms with Gasteiger partial charge < -0.3 is 11.1 Å². The number of hydrogen-bond donors (Lipinski definition) is 2. The smallest absolute Gasteiger partial charge is 0.221 e. The van der Waals surface area contributed by atoms with Crippen LogP contribution in [0.1, 0.15) is 19.8 Å². The second-order valence-electron chi connectivity index (χ2n) is 2.88. The standard InChI is InChI=1S/C8H16N2OS2/c1-6(5-7(9)12)10-8(11)3-4-13-2/h6H,3-5H2,1-2H3,(H2,9,12)(H,10,11). The van der Waals surface area contributed by atoms with Gasteiger partial charge in [-0.25, -0.2) is 0 Å². The quantitative estimate of drug-likeness (QED) is 0.654. The molecule has 0 spiro atoms. The largest absolute Gasteiger partial charge is 0.393 e. The van der Waals surface area contributed by atoms with E-state index in [9.17, 15) is 4.79 Å². The first-order valence-corrected chi connectivity index (χ1v) is 5.93. The van der Waals surface area contributed by atoms with Crippen LogP contribution in [0, 0.1) is 0 Å². The molecule has 76 valence electrons. The van der Waals surface area contributed by atoms with E-state index in [-0.39, 0.29) is 11.9 Å². The van der Waals surface area contributed by atoms with Gasteiger partial charge in [0.1, 0.15) is 0 Å². The predicted molar refractivity (Wildman–Crippen MR) is 62.0 cm³/mol. The molecule has 1 unspecified atom stereocenters. The second-order valence-corrected chi connectivity index (χ2v) is 4.39. The number of carbonyl (C=O) groups excluding carboxylic acids is 1. The molecular weight excluding hydrogens is 204 g/mol. The molecule has 0 radical (unpaired) electrons. The fourth-order valence-electron chi connectivity index (χ4n) is 0.895. The fraction of sp³-hybridized carbons (Fsp3) is 0.750. The molecule has 0 rings (SSSR count). The minimum Gasteiger partial charge on any atom is -0.393 e. The zero-order valence-electron chi connectivity index (χ0n) is 8.00. The monoisotopic (exact) mass is 220 g/mol. The second kappa shape index (κ2) is 7.15. The molecule has 0 aromatic rings. The van der Waals surface area contributed by atoms with Gasteiger partial charge in [0.05, 0.1) is 4.99 Å². The molecule has 0 aliphatic rings.